The highest BCUT2D eigenvalue weighted by atomic mass is 79.9. The average molecular weight is 393 g/mol. The van der Waals surface area contributed by atoms with Crippen molar-refractivity contribution in [3.8, 4) is 5.75 Å². The third-order valence-corrected chi connectivity index (χ3v) is 4.22. The Balaban J connectivity index is 0.00000192. The highest BCUT2D eigenvalue weighted by molar-refractivity contribution is 8.93. The van der Waals surface area contributed by atoms with Gasteiger partial charge in [0.25, 0.3) is 0 Å². The number of fused-ring (bicyclic) bond motifs is 1. The monoisotopic (exact) mass is 392 g/mol. The van der Waals surface area contributed by atoms with Gasteiger partial charge in [-0.1, -0.05) is 30.0 Å². The summed E-state index contributed by atoms with van der Waals surface area (Å²) < 4.78 is 5.14. The van der Waals surface area contributed by atoms with Gasteiger partial charge in [0.05, 0.1) is 23.9 Å². The lowest BCUT2D eigenvalue weighted by molar-refractivity contribution is 0.102. The Bertz CT molecular complexity index is 832. The predicted molar refractivity (Wildman–Crippen MR) is 99.2 cm³/mol. The van der Waals surface area contributed by atoms with Crippen LogP contribution in [0.5, 0.6) is 5.75 Å². The molecule has 23 heavy (non-hydrogen) atoms. The third kappa shape index (κ3) is 4.14. The Labute approximate surface area is 149 Å². The first kappa shape index (κ1) is 17.6. The molecular formula is C17H17BrN2O2S. The van der Waals surface area contributed by atoms with E-state index in [0.29, 0.717) is 17.1 Å². The van der Waals surface area contributed by atoms with Gasteiger partial charge < -0.3 is 9.72 Å². The highest BCUT2D eigenvalue weighted by Crippen LogP contribution is 2.22. The molecule has 1 heterocycles. The second-order valence-electron chi connectivity index (χ2n) is 5.01. The minimum atomic E-state index is 0. The number of ether oxygens (including phenoxy) is 1. The Kier molecular flexibility index (Phi) is 5.85. The van der Waals surface area contributed by atoms with Crippen molar-refractivity contribution in [1.29, 1.82) is 0 Å². The summed E-state index contributed by atoms with van der Waals surface area (Å²) in [6.07, 6.45) is 0. The van der Waals surface area contributed by atoms with Crippen LogP contribution in [0.2, 0.25) is 0 Å². The Morgan fingerprint density at radius 2 is 2.09 bits per heavy atom. The number of carbonyl (C=O) groups excluding carboxylic acids is 1. The number of nitrogens with zero attached hydrogens (tertiary/aromatic N) is 1. The summed E-state index contributed by atoms with van der Waals surface area (Å²) in [6.45, 7) is 2.04. The summed E-state index contributed by atoms with van der Waals surface area (Å²) in [5, 5.41) is 0.761. The summed E-state index contributed by atoms with van der Waals surface area (Å²) in [4.78, 5) is 20.0. The van der Waals surface area contributed by atoms with E-state index in [2.05, 4.69) is 16.0 Å². The van der Waals surface area contributed by atoms with E-state index in [1.807, 2.05) is 31.2 Å². The van der Waals surface area contributed by atoms with Crippen LogP contribution < -0.4 is 4.74 Å². The molecule has 0 aliphatic rings. The summed E-state index contributed by atoms with van der Waals surface area (Å²) in [7, 11) is 1.59. The van der Waals surface area contributed by atoms with Crippen LogP contribution in [0.1, 0.15) is 15.9 Å². The van der Waals surface area contributed by atoms with Crippen LogP contribution >= 0.6 is 28.7 Å². The van der Waals surface area contributed by atoms with Crippen molar-refractivity contribution in [2.24, 2.45) is 0 Å². The molecule has 0 amide bonds. The van der Waals surface area contributed by atoms with E-state index in [4.69, 9.17) is 4.74 Å². The molecule has 0 aliphatic carbocycles. The molecule has 3 rings (SSSR count). The molecule has 4 nitrogen and oxygen atoms in total. The number of rotatable bonds is 5. The van der Waals surface area contributed by atoms with Crippen LogP contribution in [0.15, 0.2) is 47.6 Å². The molecule has 0 radical (unpaired) electrons. The predicted octanol–water partition coefficient (Wildman–Crippen LogP) is 4.43. The second kappa shape index (κ2) is 7.66. The first-order chi connectivity index (χ1) is 10.7. The zero-order valence-corrected chi connectivity index (χ0v) is 15.4. The quantitative estimate of drug-likeness (QED) is 0.515. The fourth-order valence-electron chi connectivity index (χ4n) is 2.18. The minimum Gasteiger partial charge on any atom is -0.497 e. The van der Waals surface area contributed by atoms with E-state index in [-0.39, 0.29) is 22.8 Å². The van der Waals surface area contributed by atoms with Gasteiger partial charge in [0.15, 0.2) is 10.9 Å². The van der Waals surface area contributed by atoms with Gasteiger partial charge in [0.1, 0.15) is 5.75 Å². The maximum Gasteiger partial charge on any atom is 0.173 e. The topological polar surface area (TPSA) is 55.0 Å². The maximum absolute atomic E-state index is 12.2. The molecule has 3 aromatic rings. The molecule has 0 fully saturated rings. The van der Waals surface area contributed by atoms with Crippen molar-refractivity contribution in [1.82, 2.24) is 9.97 Å². The number of nitrogens with one attached hydrogen (secondary N) is 1. The molecule has 0 bridgehead atoms. The van der Waals surface area contributed by atoms with Crippen molar-refractivity contribution in [3.05, 3.63) is 53.6 Å². The third-order valence-electron chi connectivity index (χ3n) is 3.35. The maximum atomic E-state index is 12.2. The van der Waals surface area contributed by atoms with Gasteiger partial charge in [0, 0.05) is 5.56 Å². The van der Waals surface area contributed by atoms with E-state index in [9.17, 15) is 4.79 Å². The van der Waals surface area contributed by atoms with Gasteiger partial charge in [-0.15, -0.1) is 17.0 Å². The molecule has 120 valence electrons. The number of methoxy groups -OCH3 is 1. The summed E-state index contributed by atoms with van der Waals surface area (Å²) in [5.41, 5.74) is 3.75. The number of Topliss-reactive ketones (excluding diaryl/α,β-unsaturated/α-hetero) is 1. The summed E-state index contributed by atoms with van der Waals surface area (Å²) >= 11 is 1.41. The Morgan fingerprint density at radius 3 is 2.87 bits per heavy atom. The molecule has 0 saturated heterocycles. The first-order valence-electron chi connectivity index (χ1n) is 6.92. The van der Waals surface area contributed by atoms with Gasteiger partial charge in [-0.05, 0) is 36.8 Å². The van der Waals surface area contributed by atoms with Crippen LogP contribution in [0.4, 0.5) is 0 Å². The number of halogens is 1. The van der Waals surface area contributed by atoms with Crippen molar-refractivity contribution in [2.75, 3.05) is 12.9 Å². The Morgan fingerprint density at radius 1 is 1.26 bits per heavy atom. The van der Waals surface area contributed by atoms with Gasteiger partial charge in [-0.25, -0.2) is 4.98 Å². The van der Waals surface area contributed by atoms with Crippen LogP contribution in [0, 0.1) is 6.92 Å². The number of imidazole rings is 1. The lowest BCUT2D eigenvalue weighted by Crippen LogP contribution is -2.02. The molecule has 1 aromatic heterocycles. The van der Waals surface area contributed by atoms with E-state index >= 15 is 0 Å². The van der Waals surface area contributed by atoms with Crippen LogP contribution in [0.3, 0.4) is 0 Å². The largest absolute Gasteiger partial charge is 0.497 e. The zero-order valence-electron chi connectivity index (χ0n) is 12.8. The molecule has 0 atom stereocenters. The Hall–Kier alpha value is -1.79. The van der Waals surface area contributed by atoms with E-state index in [1.54, 1.807) is 19.2 Å². The lowest BCUT2D eigenvalue weighted by Gasteiger charge is -2.03. The summed E-state index contributed by atoms with van der Waals surface area (Å²) in [6, 6.07) is 13.3. The molecule has 0 spiro atoms. The molecule has 2 aromatic carbocycles. The van der Waals surface area contributed by atoms with Crippen molar-refractivity contribution < 1.29 is 9.53 Å². The molecule has 1 N–H and O–H groups in total. The van der Waals surface area contributed by atoms with Crippen molar-refractivity contribution in [2.45, 2.75) is 12.1 Å². The molecular weight excluding hydrogens is 376 g/mol. The fourth-order valence-corrected chi connectivity index (χ4v) is 2.96. The van der Waals surface area contributed by atoms with E-state index in [0.717, 1.165) is 16.2 Å². The normalized spacial score (nSPS) is 10.3. The molecule has 0 aliphatic heterocycles. The van der Waals surface area contributed by atoms with Crippen molar-refractivity contribution >= 4 is 45.6 Å². The van der Waals surface area contributed by atoms with Gasteiger partial charge in [-0.3, -0.25) is 4.79 Å². The number of aromatic nitrogens is 2. The van der Waals surface area contributed by atoms with Crippen LogP contribution in [-0.4, -0.2) is 28.6 Å². The standard InChI is InChI=1S/C17H16N2O2S.BrH/c1-11-6-7-14-15(8-11)19-17(18-14)22-10-16(20)12-4-3-5-13(9-12)21-2;/h3-9H,10H2,1-2H3,(H,18,19);1H. The average Bonchev–Trinajstić information content (AvgIpc) is 2.94. The van der Waals surface area contributed by atoms with E-state index in [1.165, 1.54) is 17.3 Å². The lowest BCUT2D eigenvalue weighted by atomic mass is 10.1. The number of benzene rings is 2. The number of aromatic amines is 1. The fraction of sp³-hybridized carbons (Fsp3) is 0.176. The number of thioether (sulfide) groups is 1. The number of H-pyrrole nitrogens is 1. The molecule has 6 heteroatoms. The number of hydrogen-bond donors (Lipinski definition) is 1. The van der Waals surface area contributed by atoms with Gasteiger partial charge in [-0.2, -0.15) is 0 Å². The van der Waals surface area contributed by atoms with E-state index < -0.39 is 0 Å². The first-order valence-corrected chi connectivity index (χ1v) is 7.91. The van der Waals surface area contributed by atoms with Crippen LogP contribution in [0.25, 0.3) is 11.0 Å². The smallest absolute Gasteiger partial charge is 0.173 e. The van der Waals surface area contributed by atoms with Crippen molar-refractivity contribution in [3.63, 3.8) is 0 Å². The van der Waals surface area contributed by atoms with Gasteiger partial charge in [0.2, 0.25) is 0 Å². The minimum absolute atomic E-state index is 0. The highest BCUT2D eigenvalue weighted by Gasteiger charge is 2.10. The second-order valence-corrected chi connectivity index (χ2v) is 5.97. The number of carbonyl (C=O) groups is 1. The van der Waals surface area contributed by atoms with Gasteiger partial charge >= 0.3 is 0 Å². The number of aryl methyl sites for hydroxylation is 1. The number of hydrogen-bond acceptors (Lipinski definition) is 4. The number of ketones is 1. The van der Waals surface area contributed by atoms with Crippen LogP contribution in [-0.2, 0) is 0 Å². The molecule has 0 saturated carbocycles. The summed E-state index contributed by atoms with van der Waals surface area (Å²) in [5.74, 6) is 1.09. The SMILES string of the molecule is Br.COc1cccc(C(=O)CSc2nc3ccc(C)cc3[nH]2)c1. The molecule has 0 unspecified atom stereocenters. The zero-order chi connectivity index (χ0) is 15.5.